The minimum absolute atomic E-state index is 0.0218. The maximum Gasteiger partial charge on any atom is 0.229 e. The molecule has 0 aliphatic heterocycles. The topological polar surface area (TPSA) is 132 Å². The average Bonchev–Trinajstić information content (AvgIpc) is 3.43. The smallest absolute Gasteiger partial charge is 0.229 e. The lowest BCUT2D eigenvalue weighted by Crippen LogP contribution is -2.10. The van der Waals surface area contributed by atoms with E-state index in [0.717, 1.165) is 12.3 Å². The summed E-state index contributed by atoms with van der Waals surface area (Å²) in [6.45, 7) is 1.75. The number of nitrogens with one attached hydrogen (secondary N) is 2. The molecular weight excluding hydrogens is 516 g/mol. The predicted molar refractivity (Wildman–Crippen MR) is 139 cm³/mol. The number of carbonyl (C=O) groups excluding carboxylic acids is 1. The molecule has 2 heterocycles. The van der Waals surface area contributed by atoms with Crippen molar-refractivity contribution in [1.82, 2.24) is 14.8 Å². The number of hydrogen-bond donors (Lipinski definition) is 3. The van der Waals surface area contributed by atoms with Crippen molar-refractivity contribution >= 4 is 38.2 Å². The normalized spacial score (nSPS) is 11.6. The standard InChI is InChI=1S/C26H21F2N5O4S/c1-14-9-15-10-22(31-21(15)12-20(14)32-38(2,35)36)25(34)17-13-30-33(26(17)29)16-7-8-24(19(28)11-16)37-23-6-4-3-5-18(23)27/h3-13,31-32H,29H2,1-2H3. The van der Waals surface area contributed by atoms with Gasteiger partial charge in [-0.15, -0.1) is 0 Å². The highest BCUT2D eigenvalue weighted by Crippen LogP contribution is 2.30. The van der Waals surface area contributed by atoms with Gasteiger partial charge in [0.15, 0.2) is 23.1 Å². The predicted octanol–water partition coefficient (Wildman–Crippen LogP) is 4.92. The third-order valence-corrected chi connectivity index (χ3v) is 6.36. The zero-order valence-corrected chi connectivity index (χ0v) is 20.9. The Balaban J connectivity index is 1.43. The Bertz CT molecular complexity index is 1830. The van der Waals surface area contributed by atoms with E-state index in [4.69, 9.17) is 10.5 Å². The van der Waals surface area contributed by atoms with Gasteiger partial charge in [-0.3, -0.25) is 9.52 Å². The number of aromatic amines is 1. The summed E-state index contributed by atoms with van der Waals surface area (Å²) in [5, 5.41) is 4.83. The number of carbonyl (C=O) groups is 1. The molecule has 0 aliphatic carbocycles. The van der Waals surface area contributed by atoms with Gasteiger partial charge in [-0.2, -0.15) is 5.10 Å². The van der Waals surface area contributed by atoms with Crippen molar-refractivity contribution < 1.29 is 26.7 Å². The zero-order valence-electron chi connectivity index (χ0n) is 20.1. The van der Waals surface area contributed by atoms with Crippen LogP contribution >= 0.6 is 0 Å². The van der Waals surface area contributed by atoms with E-state index in [9.17, 15) is 22.0 Å². The van der Waals surface area contributed by atoms with Crippen LogP contribution in [0.3, 0.4) is 0 Å². The highest BCUT2D eigenvalue weighted by Gasteiger charge is 2.21. The van der Waals surface area contributed by atoms with E-state index in [1.807, 2.05) is 0 Å². The van der Waals surface area contributed by atoms with Crippen molar-refractivity contribution in [2.24, 2.45) is 0 Å². The van der Waals surface area contributed by atoms with Gasteiger partial charge in [0.05, 0.1) is 35.1 Å². The SMILES string of the molecule is Cc1cc2cc(C(=O)c3cnn(-c4ccc(Oc5ccccc5F)c(F)c4)c3N)[nH]c2cc1NS(C)(=O)=O. The van der Waals surface area contributed by atoms with Gasteiger partial charge in [0, 0.05) is 17.0 Å². The second-order valence-electron chi connectivity index (χ2n) is 8.64. The molecule has 4 N–H and O–H groups in total. The van der Waals surface area contributed by atoms with Gasteiger partial charge in [-0.1, -0.05) is 12.1 Å². The van der Waals surface area contributed by atoms with Crippen LogP contribution in [0.4, 0.5) is 20.3 Å². The number of sulfonamides is 1. The summed E-state index contributed by atoms with van der Waals surface area (Å²) in [6, 6.07) is 14.5. The summed E-state index contributed by atoms with van der Waals surface area (Å²) in [5.74, 6) is -2.22. The molecule has 0 fully saturated rings. The molecule has 12 heteroatoms. The second-order valence-corrected chi connectivity index (χ2v) is 10.4. The van der Waals surface area contributed by atoms with Gasteiger partial charge in [-0.05, 0) is 55.0 Å². The van der Waals surface area contributed by atoms with Crippen LogP contribution in [0.1, 0.15) is 21.6 Å². The summed E-state index contributed by atoms with van der Waals surface area (Å²) in [7, 11) is -3.48. The monoisotopic (exact) mass is 537 g/mol. The number of benzene rings is 3. The number of H-pyrrole nitrogens is 1. The number of aryl methyl sites for hydroxylation is 1. The number of nitrogens with two attached hydrogens (primary N) is 1. The highest BCUT2D eigenvalue weighted by atomic mass is 32.2. The Morgan fingerprint density at radius 2 is 1.79 bits per heavy atom. The van der Waals surface area contributed by atoms with E-state index in [2.05, 4.69) is 14.8 Å². The summed E-state index contributed by atoms with van der Waals surface area (Å²) < 4.78 is 60.9. The molecule has 38 heavy (non-hydrogen) atoms. The van der Waals surface area contributed by atoms with Crippen LogP contribution in [0.5, 0.6) is 11.5 Å². The highest BCUT2D eigenvalue weighted by molar-refractivity contribution is 7.92. The van der Waals surface area contributed by atoms with Crippen molar-refractivity contribution in [1.29, 1.82) is 0 Å². The quantitative estimate of drug-likeness (QED) is 0.253. The lowest BCUT2D eigenvalue weighted by molar-refractivity contribution is 0.103. The lowest BCUT2D eigenvalue weighted by Gasteiger charge is -2.10. The Hall–Kier alpha value is -4.71. The van der Waals surface area contributed by atoms with E-state index < -0.39 is 27.4 Å². The molecule has 0 unspecified atom stereocenters. The number of para-hydroxylation sites is 1. The molecule has 3 aromatic carbocycles. The number of hydrogen-bond acceptors (Lipinski definition) is 6. The largest absolute Gasteiger partial charge is 0.451 e. The molecule has 0 radical (unpaired) electrons. The molecule has 0 bridgehead atoms. The first-order chi connectivity index (χ1) is 18.0. The maximum atomic E-state index is 14.8. The number of ether oxygens (including phenoxy) is 1. The van der Waals surface area contributed by atoms with Crippen molar-refractivity contribution in [3.8, 4) is 17.2 Å². The molecule has 0 aliphatic rings. The van der Waals surface area contributed by atoms with Gasteiger partial charge < -0.3 is 15.5 Å². The maximum absolute atomic E-state index is 14.8. The summed E-state index contributed by atoms with van der Waals surface area (Å²) >= 11 is 0. The number of ketones is 1. The van der Waals surface area contributed by atoms with Crippen LogP contribution in [0.15, 0.2) is 66.9 Å². The Morgan fingerprint density at radius 3 is 2.50 bits per heavy atom. The molecule has 0 spiro atoms. The minimum Gasteiger partial charge on any atom is -0.451 e. The van der Waals surface area contributed by atoms with Gasteiger partial charge in [0.25, 0.3) is 0 Å². The lowest BCUT2D eigenvalue weighted by atomic mass is 10.1. The van der Waals surface area contributed by atoms with Gasteiger partial charge >= 0.3 is 0 Å². The molecule has 194 valence electrons. The van der Waals surface area contributed by atoms with E-state index >= 15 is 0 Å². The average molecular weight is 538 g/mol. The fourth-order valence-corrected chi connectivity index (χ4v) is 4.58. The summed E-state index contributed by atoms with van der Waals surface area (Å²) in [5.41, 5.74) is 8.33. The molecule has 0 saturated carbocycles. The summed E-state index contributed by atoms with van der Waals surface area (Å²) in [6.07, 6.45) is 2.32. The molecular formula is C26H21F2N5O4S. The molecule has 5 rings (SSSR count). The van der Waals surface area contributed by atoms with E-state index in [-0.39, 0.29) is 34.3 Å². The number of aromatic nitrogens is 3. The Kier molecular flexibility index (Phi) is 6.11. The van der Waals surface area contributed by atoms with Gasteiger partial charge in [0.2, 0.25) is 15.8 Å². The number of nitrogen functional groups attached to an aromatic ring is 1. The number of nitrogens with zero attached hydrogens (tertiary/aromatic N) is 2. The third-order valence-electron chi connectivity index (χ3n) is 5.77. The van der Waals surface area contributed by atoms with Crippen LogP contribution in [0, 0.1) is 18.6 Å². The van der Waals surface area contributed by atoms with Crippen molar-refractivity contribution in [2.75, 3.05) is 16.7 Å². The number of fused-ring (bicyclic) bond motifs is 1. The van der Waals surface area contributed by atoms with Crippen molar-refractivity contribution in [3.63, 3.8) is 0 Å². The van der Waals surface area contributed by atoms with Crippen molar-refractivity contribution in [2.45, 2.75) is 6.92 Å². The first-order valence-electron chi connectivity index (χ1n) is 11.2. The molecule has 5 aromatic rings. The summed E-state index contributed by atoms with van der Waals surface area (Å²) in [4.78, 5) is 16.2. The molecule has 0 saturated heterocycles. The first-order valence-corrected chi connectivity index (χ1v) is 13.1. The van der Waals surface area contributed by atoms with E-state index in [1.54, 1.807) is 31.2 Å². The minimum atomic E-state index is -3.48. The second kappa shape index (κ2) is 9.30. The fraction of sp³-hybridized carbons (Fsp3) is 0.0769. The molecule has 0 amide bonds. The molecule has 9 nitrogen and oxygen atoms in total. The van der Waals surface area contributed by atoms with Crippen LogP contribution in [-0.2, 0) is 10.0 Å². The van der Waals surface area contributed by atoms with Gasteiger partial charge in [0.1, 0.15) is 5.82 Å². The van der Waals surface area contributed by atoms with Gasteiger partial charge in [-0.25, -0.2) is 21.9 Å². The van der Waals surface area contributed by atoms with E-state index in [0.29, 0.717) is 22.2 Å². The Labute approximate surface area is 215 Å². The first kappa shape index (κ1) is 25.0. The number of halogens is 2. The van der Waals surface area contributed by atoms with Crippen LogP contribution < -0.4 is 15.2 Å². The van der Waals surface area contributed by atoms with Crippen LogP contribution in [-0.4, -0.2) is 35.2 Å². The number of rotatable bonds is 7. The zero-order chi connectivity index (χ0) is 27.2. The molecule has 0 atom stereocenters. The molecule has 2 aromatic heterocycles. The van der Waals surface area contributed by atoms with Crippen molar-refractivity contribution in [3.05, 3.63) is 95.3 Å². The van der Waals surface area contributed by atoms with Crippen LogP contribution in [0.2, 0.25) is 0 Å². The number of anilines is 2. The van der Waals surface area contributed by atoms with E-state index in [1.165, 1.54) is 41.2 Å². The Morgan fingerprint density at radius 1 is 1.05 bits per heavy atom. The third kappa shape index (κ3) is 4.81. The van der Waals surface area contributed by atoms with Crippen LogP contribution in [0.25, 0.3) is 16.6 Å². The fourth-order valence-electron chi connectivity index (χ4n) is 3.96.